The van der Waals surface area contributed by atoms with Crippen LogP contribution < -0.4 is 10.0 Å². The summed E-state index contributed by atoms with van der Waals surface area (Å²) in [6.07, 6.45) is 3.09. The lowest BCUT2D eigenvalue weighted by Gasteiger charge is -2.17. The highest BCUT2D eigenvalue weighted by atomic mass is 32.2. The molecule has 2 aromatic heterocycles. The number of nitrogens with one attached hydrogen (secondary N) is 3. The maximum Gasteiger partial charge on any atom is 0.272 e. The molecule has 0 spiro atoms. The molecule has 1 aliphatic heterocycles. The van der Waals surface area contributed by atoms with E-state index in [4.69, 9.17) is 14.8 Å². The van der Waals surface area contributed by atoms with E-state index in [1.807, 2.05) is 30.3 Å². The summed E-state index contributed by atoms with van der Waals surface area (Å²) in [5, 5.41) is 11.6. The number of pyridine rings is 1. The lowest BCUT2D eigenvalue weighted by atomic mass is 10.1. The molecule has 170 valence electrons. The number of halogens is 1. The van der Waals surface area contributed by atoms with Crippen LogP contribution in [0.1, 0.15) is 33.7 Å². The third-order valence-electron chi connectivity index (χ3n) is 5.31. The van der Waals surface area contributed by atoms with Gasteiger partial charge in [-0.1, -0.05) is 30.3 Å². The first-order chi connectivity index (χ1) is 15.9. The quantitative estimate of drug-likeness (QED) is 0.481. The Bertz CT molecular complexity index is 1240. The van der Waals surface area contributed by atoms with Crippen LogP contribution in [0.25, 0.3) is 0 Å². The summed E-state index contributed by atoms with van der Waals surface area (Å²) in [5.74, 6) is -1.27. The number of carbonyl (C=O) groups is 1. The van der Waals surface area contributed by atoms with Crippen LogP contribution >= 0.6 is 0 Å². The van der Waals surface area contributed by atoms with Gasteiger partial charge in [-0.2, -0.15) is 9.65 Å². The molecule has 4 rings (SSSR count). The Kier molecular flexibility index (Phi) is 6.93. The third kappa shape index (κ3) is 5.34. The van der Waals surface area contributed by atoms with Crippen molar-refractivity contribution in [3.63, 3.8) is 0 Å². The highest BCUT2D eigenvalue weighted by Crippen LogP contribution is 2.27. The van der Waals surface area contributed by atoms with Crippen LogP contribution in [0, 0.1) is 22.1 Å². The Balaban J connectivity index is 1.46. The van der Waals surface area contributed by atoms with Gasteiger partial charge in [-0.3, -0.25) is 9.57 Å². The Labute approximate surface area is 193 Å². The van der Waals surface area contributed by atoms with Gasteiger partial charge in [0.15, 0.2) is 0 Å². The Morgan fingerprint density at radius 3 is 2.97 bits per heavy atom. The van der Waals surface area contributed by atoms with Gasteiger partial charge in [-0.25, -0.2) is 9.71 Å². The first-order valence-corrected chi connectivity index (χ1v) is 11.6. The molecule has 1 aliphatic rings. The number of anilines is 1. The summed E-state index contributed by atoms with van der Waals surface area (Å²) in [6, 6.07) is 14.0. The lowest BCUT2D eigenvalue weighted by molar-refractivity contribution is 0.101. The first-order valence-electron chi connectivity index (χ1n) is 10.3. The molecule has 10 heteroatoms. The molecule has 2 unspecified atom stereocenters. The molecule has 1 aromatic carbocycles. The van der Waals surface area contributed by atoms with E-state index in [-0.39, 0.29) is 17.4 Å². The molecule has 0 fully saturated rings. The fraction of sp³-hybridized carbons (Fsp3) is 0.261. The van der Waals surface area contributed by atoms with E-state index in [2.05, 4.69) is 15.0 Å². The van der Waals surface area contributed by atoms with Gasteiger partial charge in [0.25, 0.3) is 5.91 Å². The molecule has 0 saturated carbocycles. The predicted octanol–water partition coefficient (Wildman–Crippen LogP) is 3.46. The Morgan fingerprint density at radius 1 is 1.42 bits per heavy atom. The zero-order valence-electron chi connectivity index (χ0n) is 18.0. The SMILES string of the molecule is Cn1cc2c(c1C(=O)Nc1cc(F)nc(C#N)c1)CCC(COCc1ccccc1)NS2=N. The number of aromatic nitrogens is 2. The second-order valence-corrected chi connectivity index (χ2v) is 9.01. The number of nitriles is 1. The number of hydrogen-bond donors (Lipinski definition) is 3. The van der Waals surface area contributed by atoms with Crippen molar-refractivity contribution < 1.29 is 13.9 Å². The van der Waals surface area contributed by atoms with Gasteiger partial charge in [-0.05, 0) is 40.9 Å². The highest BCUT2D eigenvalue weighted by Gasteiger charge is 2.27. The van der Waals surface area contributed by atoms with Gasteiger partial charge in [0, 0.05) is 31.0 Å². The number of fused-ring (bicyclic) bond motifs is 1. The smallest absolute Gasteiger partial charge is 0.272 e. The number of nitrogens with zero attached hydrogens (tertiary/aromatic N) is 3. The molecule has 1 amide bonds. The summed E-state index contributed by atoms with van der Waals surface area (Å²) in [6.45, 7) is 0.961. The van der Waals surface area contributed by atoms with Gasteiger partial charge in [0.1, 0.15) is 17.5 Å². The van der Waals surface area contributed by atoms with Crippen LogP contribution in [0.2, 0.25) is 0 Å². The van der Waals surface area contributed by atoms with Crippen molar-refractivity contribution in [3.8, 4) is 6.07 Å². The van der Waals surface area contributed by atoms with Crippen LogP contribution in [-0.2, 0) is 35.7 Å². The van der Waals surface area contributed by atoms with Gasteiger partial charge in [-0.15, -0.1) is 0 Å². The molecule has 0 saturated heterocycles. The zero-order valence-corrected chi connectivity index (χ0v) is 18.8. The number of benzene rings is 1. The summed E-state index contributed by atoms with van der Waals surface area (Å²) in [5.41, 5.74) is 2.33. The minimum Gasteiger partial charge on any atom is -0.375 e. The van der Waals surface area contributed by atoms with Gasteiger partial charge < -0.3 is 14.6 Å². The van der Waals surface area contributed by atoms with Crippen molar-refractivity contribution in [3.05, 3.63) is 77.1 Å². The van der Waals surface area contributed by atoms with Gasteiger partial charge >= 0.3 is 0 Å². The average Bonchev–Trinajstić information content (AvgIpc) is 3.06. The average molecular weight is 467 g/mol. The summed E-state index contributed by atoms with van der Waals surface area (Å²) in [4.78, 5) is 17.3. The molecule has 2 atom stereocenters. The second-order valence-electron chi connectivity index (χ2n) is 7.72. The van der Waals surface area contributed by atoms with E-state index in [1.54, 1.807) is 23.9 Å². The Hall–Kier alpha value is -3.39. The zero-order chi connectivity index (χ0) is 23.4. The number of carbonyl (C=O) groups excluding carboxylic acids is 1. The summed E-state index contributed by atoms with van der Waals surface area (Å²) < 4.78 is 33.1. The van der Waals surface area contributed by atoms with Crippen molar-refractivity contribution in [2.45, 2.75) is 30.4 Å². The number of hydrogen-bond acceptors (Lipinski definition) is 5. The van der Waals surface area contributed by atoms with Crippen molar-refractivity contribution >= 4 is 22.5 Å². The van der Waals surface area contributed by atoms with E-state index < -0.39 is 22.7 Å². The van der Waals surface area contributed by atoms with Crippen LogP contribution in [0.5, 0.6) is 0 Å². The molecule has 3 N–H and O–H groups in total. The molecular formula is C23H23FN6O2S. The van der Waals surface area contributed by atoms with E-state index >= 15 is 0 Å². The van der Waals surface area contributed by atoms with E-state index in [0.29, 0.717) is 31.7 Å². The molecule has 0 radical (unpaired) electrons. The standard InChI is InChI=1S/C23H23FN6O2S/c1-30-12-20-19(22(30)23(31)28-17-9-18(11-25)27-21(24)10-17)8-7-16(29-33(20)26)14-32-13-15-5-3-2-4-6-15/h2-6,9-10,12,16H,7-8,13-14H2,1H3,(H2,26,29)(H,27,28,31). The second kappa shape index (κ2) is 10.0. The van der Waals surface area contributed by atoms with Crippen molar-refractivity contribution in [2.24, 2.45) is 7.05 Å². The maximum absolute atomic E-state index is 13.7. The number of ether oxygens (including phenoxy) is 1. The molecule has 33 heavy (non-hydrogen) atoms. The molecular weight excluding hydrogens is 443 g/mol. The monoisotopic (exact) mass is 466 g/mol. The Morgan fingerprint density at radius 2 is 2.21 bits per heavy atom. The van der Waals surface area contributed by atoms with Gasteiger partial charge in [0.2, 0.25) is 5.95 Å². The van der Waals surface area contributed by atoms with Crippen LogP contribution in [0.15, 0.2) is 53.6 Å². The maximum atomic E-state index is 13.7. The molecule has 3 heterocycles. The topological polar surface area (TPSA) is 116 Å². The van der Waals surface area contributed by atoms with Crippen LogP contribution in [0.4, 0.5) is 10.1 Å². The predicted molar refractivity (Wildman–Crippen MR) is 122 cm³/mol. The molecule has 0 bridgehead atoms. The minimum absolute atomic E-state index is 0.0179. The largest absolute Gasteiger partial charge is 0.375 e. The van der Waals surface area contributed by atoms with E-state index in [1.165, 1.54) is 6.07 Å². The third-order valence-corrected chi connectivity index (χ3v) is 6.67. The number of amides is 1. The molecule has 3 aromatic rings. The molecule has 8 nitrogen and oxygen atoms in total. The number of aryl methyl sites for hydroxylation is 1. The van der Waals surface area contributed by atoms with Crippen molar-refractivity contribution in [1.82, 2.24) is 14.3 Å². The lowest BCUT2D eigenvalue weighted by Crippen LogP contribution is -2.33. The molecule has 0 aliphatic carbocycles. The van der Waals surface area contributed by atoms with Gasteiger partial charge in [0.05, 0.1) is 18.1 Å². The van der Waals surface area contributed by atoms with E-state index in [9.17, 15) is 9.18 Å². The van der Waals surface area contributed by atoms with Crippen LogP contribution in [-0.4, -0.2) is 28.1 Å². The number of rotatable bonds is 6. The van der Waals surface area contributed by atoms with E-state index in [0.717, 1.165) is 22.1 Å². The normalized spacial score (nSPS) is 17.6. The minimum atomic E-state index is -1.02. The van der Waals surface area contributed by atoms with Crippen molar-refractivity contribution in [1.29, 1.82) is 10.0 Å². The highest BCUT2D eigenvalue weighted by molar-refractivity contribution is 7.84. The van der Waals surface area contributed by atoms with Crippen molar-refractivity contribution in [2.75, 3.05) is 11.9 Å². The fourth-order valence-corrected chi connectivity index (χ4v) is 5.15. The summed E-state index contributed by atoms with van der Waals surface area (Å²) >= 11 is 0. The fourth-order valence-electron chi connectivity index (χ4n) is 3.80. The summed E-state index contributed by atoms with van der Waals surface area (Å²) in [7, 11) is 0.729. The first kappa shape index (κ1) is 22.8. The van der Waals surface area contributed by atoms with Crippen LogP contribution in [0.3, 0.4) is 0 Å².